The number of allylic oxidation sites excluding steroid dienone is 1. The molecule has 15 heavy (non-hydrogen) atoms. The predicted molar refractivity (Wildman–Crippen MR) is 66.1 cm³/mol. The number of halogens is 2. The predicted octanol–water partition coefficient (Wildman–Crippen LogP) is 3.03. The maximum atomic E-state index is 12.8. The second-order valence-corrected chi connectivity index (χ2v) is 4.14. The van der Waals surface area contributed by atoms with Gasteiger partial charge in [0.25, 0.3) is 0 Å². The Morgan fingerprint density at radius 3 is 2.73 bits per heavy atom. The molecule has 0 bridgehead atoms. The van der Waals surface area contributed by atoms with E-state index in [1.807, 2.05) is 35.6 Å². The van der Waals surface area contributed by atoms with Gasteiger partial charge in [0, 0.05) is 9.13 Å². The van der Waals surface area contributed by atoms with Gasteiger partial charge in [-0.3, -0.25) is 0 Å². The molecule has 0 amide bonds. The second-order valence-electron chi connectivity index (χ2n) is 2.98. The lowest BCUT2D eigenvalue weighted by Gasteiger charge is -2.06. The van der Waals surface area contributed by atoms with Crippen LogP contribution >= 0.6 is 22.6 Å². The minimum atomic E-state index is -0.300. The number of benzene rings is 1. The van der Waals surface area contributed by atoms with Crippen LogP contribution in [0.25, 0.3) is 5.70 Å². The van der Waals surface area contributed by atoms with E-state index in [9.17, 15) is 4.39 Å². The van der Waals surface area contributed by atoms with Crippen LogP contribution in [-0.4, -0.2) is 0 Å². The third-order valence-electron chi connectivity index (χ3n) is 2.03. The molecule has 78 valence electrons. The summed E-state index contributed by atoms with van der Waals surface area (Å²) in [5.41, 5.74) is 7.52. The first kappa shape index (κ1) is 12.0. The Kier molecular flexibility index (Phi) is 4.09. The molecule has 0 saturated carbocycles. The van der Waals surface area contributed by atoms with Crippen molar-refractivity contribution in [3.63, 3.8) is 0 Å². The van der Waals surface area contributed by atoms with Crippen LogP contribution < -0.4 is 5.73 Å². The van der Waals surface area contributed by atoms with Gasteiger partial charge in [0.15, 0.2) is 0 Å². The highest BCUT2D eigenvalue weighted by atomic mass is 127. The Labute approximate surface area is 102 Å². The SMILES string of the molecule is CC/C(C#N)=C(/N)c1ccc(F)cc1I. The highest BCUT2D eigenvalue weighted by Gasteiger charge is 2.08. The van der Waals surface area contributed by atoms with Crippen LogP contribution in [0, 0.1) is 20.7 Å². The molecule has 0 saturated heterocycles. The van der Waals surface area contributed by atoms with Crippen molar-refractivity contribution in [1.29, 1.82) is 5.26 Å². The van der Waals surface area contributed by atoms with Gasteiger partial charge in [-0.2, -0.15) is 5.26 Å². The molecular weight excluding hydrogens is 306 g/mol. The molecule has 0 aromatic heterocycles. The first-order valence-corrected chi connectivity index (χ1v) is 5.52. The summed E-state index contributed by atoms with van der Waals surface area (Å²) < 4.78 is 13.6. The van der Waals surface area contributed by atoms with Crippen LogP contribution in [0.2, 0.25) is 0 Å². The average molecular weight is 316 g/mol. The Morgan fingerprint density at radius 2 is 2.27 bits per heavy atom. The standard InChI is InChI=1S/C11H10FIN2/c1-2-7(6-14)11(15)9-4-3-8(12)5-10(9)13/h3-5H,2,15H2,1H3/b11-7-. The van der Waals surface area contributed by atoms with Gasteiger partial charge in [-0.25, -0.2) is 4.39 Å². The highest BCUT2D eigenvalue weighted by molar-refractivity contribution is 14.1. The van der Waals surface area contributed by atoms with Crippen molar-refractivity contribution in [3.05, 3.63) is 38.7 Å². The fourth-order valence-electron chi connectivity index (χ4n) is 1.20. The Balaban J connectivity index is 3.29. The van der Waals surface area contributed by atoms with Crippen LogP contribution in [0.1, 0.15) is 18.9 Å². The minimum Gasteiger partial charge on any atom is -0.397 e. The lowest BCUT2D eigenvalue weighted by molar-refractivity contribution is 0.626. The highest BCUT2D eigenvalue weighted by Crippen LogP contribution is 2.22. The first-order chi connectivity index (χ1) is 7.10. The minimum absolute atomic E-state index is 0.300. The van der Waals surface area contributed by atoms with Crippen LogP contribution in [0.15, 0.2) is 23.8 Å². The van der Waals surface area contributed by atoms with Crippen molar-refractivity contribution >= 4 is 28.3 Å². The molecule has 1 aromatic carbocycles. The zero-order chi connectivity index (χ0) is 11.4. The molecule has 0 unspecified atom stereocenters. The van der Waals surface area contributed by atoms with Crippen molar-refractivity contribution in [2.75, 3.05) is 0 Å². The van der Waals surface area contributed by atoms with Crippen molar-refractivity contribution in [1.82, 2.24) is 0 Å². The monoisotopic (exact) mass is 316 g/mol. The van der Waals surface area contributed by atoms with E-state index in [2.05, 4.69) is 0 Å². The fraction of sp³-hybridized carbons (Fsp3) is 0.182. The van der Waals surface area contributed by atoms with Gasteiger partial charge in [-0.05, 0) is 47.2 Å². The quantitative estimate of drug-likeness (QED) is 0.673. The van der Waals surface area contributed by atoms with E-state index in [0.29, 0.717) is 21.3 Å². The molecule has 0 spiro atoms. The van der Waals surface area contributed by atoms with Gasteiger partial charge in [0.1, 0.15) is 5.82 Å². The third kappa shape index (κ3) is 2.69. The Morgan fingerprint density at radius 1 is 1.60 bits per heavy atom. The molecule has 1 rings (SSSR count). The number of nitriles is 1. The van der Waals surface area contributed by atoms with Gasteiger partial charge in [0.2, 0.25) is 0 Å². The molecule has 0 fully saturated rings. The van der Waals surface area contributed by atoms with Gasteiger partial charge < -0.3 is 5.73 Å². The molecule has 0 atom stereocenters. The zero-order valence-electron chi connectivity index (χ0n) is 8.22. The van der Waals surface area contributed by atoms with Crippen molar-refractivity contribution in [2.24, 2.45) is 5.73 Å². The summed E-state index contributed by atoms with van der Waals surface area (Å²) in [6.45, 7) is 1.86. The normalized spacial score (nSPS) is 11.9. The van der Waals surface area contributed by atoms with E-state index in [1.165, 1.54) is 12.1 Å². The summed E-state index contributed by atoms with van der Waals surface area (Å²) in [5.74, 6) is -0.300. The molecule has 2 nitrogen and oxygen atoms in total. The summed E-state index contributed by atoms with van der Waals surface area (Å²) >= 11 is 2.00. The van der Waals surface area contributed by atoms with Crippen LogP contribution in [0.5, 0.6) is 0 Å². The number of hydrogen-bond donors (Lipinski definition) is 1. The zero-order valence-corrected chi connectivity index (χ0v) is 10.4. The number of hydrogen-bond acceptors (Lipinski definition) is 2. The summed E-state index contributed by atoms with van der Waals surface area (Å²) in [5, 5.41) is 8.84. The molecule has 0 aliphatic carbocycles. The van der Waals surface area contributed by atoms with Gasteiger partial charge in [0.05, 0.1) is 17.3 Å². The first-order valence-electron chi connectivity index (χ1n) is 4.44. The Hall–Kier alpha value is -1.09. The maximum absolute atomic E-state index is 12.8. The number of nitrogens with zero attached hydrogens (tertiary/aromatic N) is 1. The van der Waals surface area contributed by atoms with Crippen molar-refractivity contribution in [2.45, 2.75) is 13.3 Å². The second kappa shape index (κ2) is 5.12. The summed E-state index contributed by atoms with van der Waals surface area (Å²) in [6.07, 6.45) is 0.579. The van der Waals surface area contributed by atoms with E-state index in [1.54, 1.807) is 6.07 Å². The molecule has 4 heteroatoms. The molecule has 0 aliphatic heterocycles. The Bertz CT molecular complexity index is 446. The topological polar surface area (TPSA) is 49.8 Å². The van der Waals surface area contributed by atoms with Gasteiger partial charge in [-0.1, -0.05) is 6.92 Å². The van der Waals surface area contributed by atoms with Crippen LogP contribution in [0.3, 0.4) is 0 Å². The molecule has 0 radical (unpaired) electrons. The van der Waals surface area contributed by atoms with E-state index in [-0.39, 0.29) is 5.82 Å². The third-order valence-corrected chi connectivity index (χ3v) is 2.93. The van der Waals surface area contributed by atoms with E-state index in [4.69, 9.17) is 11.0 Å². The van der Waals surface area contributed by atoms with Gasteiger partial charge in [-0.15, -0.1) is 0 Å². The molecule has 0 heterocycles. The molecule has 2 N–H and O–H groups in total. The smallest absolute Gasteiger partial charge is 0.124 e. The van der Waals surface area contributed by atoms with Crippen molar-refractivity contribution < 1.29 is 4.39 Å². The lowest BCUT2D eigenvalue weighted by atomic mass is 10.1. The fourth-order valence-corrected chi connectivity index (χ4v) is 1.97. The van der Waals surface area contributed by atoms with Crippen LogP contribution in [0.4, 0.5) is 4.39 Å². The molecule has 1 aromatic rings. The molecular formula is C11H10FIN2. The van der Waals surface area contributed by atoms with E-state index in [0.717, 1.165) is 5.56 Å². The van der Waals surface area contributed by atoms with E-state index >= 15 is 0 Å². The largest absolute Gasteiger partial charge is 0.397 e. The maximum Gasteiger partial charge on any atom is 0.124 e. The number of rotatable bonds is 2. The van der Waals surface area contributed by atoms with Crippen molar-refractivity contribution in [3.8, 4) is 6.07 Å². The lowest BCUT2D eigenvalue weighted by Crippen LogP contribution is -2.02. The summed E-state index contributed by atoms with van der Waals surface area (Å²) in [7, 11) is 0. The molecule has 0 aliphatic rings. The average Bonchev–Trinajstić information content (AvgIpc) is 2.19. The van der Waals surface area contributed by atoms with E-state index < -0.39 is 0 Å². The number of nitrogens with two attached hydrogens (primary N) is 1. The van der Waals surface area contributed by atoms with Gasteiger partial charge >= 0.3 is 0 Å². The summed E-state index contributed by atoms with van der Waals surface area (Å²) in [4.78, 5) is 0. The van der Waals surface area contributed by atoms with Crippen LogP contribution in [-0.2, 0) is 0 Å². The summed E-state index contributed by atoms with van der Waals surface area (Å²) in [6, 6.07) is 6.38.